The topological polar surface area (TPSA) is 348 Å². The fourth-order valence-corrected chi connectivity index (χ4v) is 13.7. The number of unbranched alkanes of at least 4 members (excludes halogenated alkanes) is 29. The molecule has 2 heterocycles. The van der Waals surface area contributed by atoms with Crippen molar-refractivity contribution in [3.63, 3.8) is 0 Å². The van der Waals surface area contributed by atoms with Gasteiger partial charge in [0.15, 0.2) is 12.6 Å². The van der Waals surface area contributed by atoms with Crippen LogP contribution in [0.4, 0.5) is 0 Å². The van der Waals surface area contributed by atoms with E-state index in [1.54, 1.807) is 0 Å². The number of rotatable bonds is 65. The number of aliphatic hydroxyl groups excluding tert-OH is 2. The van der Waals surface area contributed by atoms with Crippen LogP contribution in [0.3, 0.4) is 0 Å². The first-order valence-electron chi connectivity index (χ1n) is 38.5. The molecule has 8 N–H and O–H groups in total. The van der Waals surface area contributed by atoms with Crippen molar-refractivity contribution in [1.29, 1.82) is 0 Å². The summed E-state index contributed by atoms with van der Waals surface area (Å²) in [5.74, 6) is -2.85. The van der Waals surface area contributed by atoms with Crippen LogP contribution in [0, 0.1) is 0 Å². The van der Waals surface area contributed by atoms with E-state index in [-0.39, 0.29) is 56.9 Å². The predicted octanol–water partition coefficient (Wildman–Crippen LogP) is 14.0. The molecule has 2 aliphatic heterocycles. The summed E-state index contributed by atoms with van der Waals surface area (Å²) in [5, 5.41) is 28.7. The van der Waals surface area contributed by atoms with E-state index in [9.17, 15) is 62.9 Å². The molecule has 0 unspecified atom stereocenters. The van der Waals surface area contributed by atoms with Gasteiger partial charge in [-0.1, -0.05) is 227 Å². The highest BCUT2D eigenvalue weighted by molar-refractivity contribution is 7.46. The minimum Gasteiger partial charge on any atom is -0.462 e. The van der Waals surface area contributed by atoms with Crippen LogP contribution in [0.5, 0.6) is 0 Å². The Morgan fingerprint density at radius 3 is 1.37 bits per heavy atom. The summed E-state index contributed by atoms with van der Waals surface area (Å²) in [6.07, 6.45) is 23.8. The molecule has 24 nitrogen and oxygen atoms in total. The van der Waals surface area contributed by atoms with Crippen LogP contribution in [-0.4, -0.2) is 166 Å². The molecule has 12 atom stereocenters. The maximum absolute atomic E-state index is 14.3. The third-order valence-corrected chi connectivity index (χ3v) is 19.3. The Morgan fingerprint density at radius 2 is 0.879 bits per heavy atom. The van der Waals surface area contributed by atoms with E-state index in [1.807, 2.05) is 0 Å². The van der Waals surface area contributed by atoms with Gasteiger partial charge in [0.1, 0.15) is 66.4 Å². The SMILES string of the molecule is CCCCCC/C=C\CCCC(=O)O[C@H](CCCCCCC)CCO[C@@H]1[C@@H](NC(=O)CC(=O)CCCCCCCCCCC)[C@H](OC[C@H]2O[C@H](OP(=O)(O)O)[C@H](NC(=O)CC(=O)CCCCCCCCCCC)[C@@H](OCC[C@@H](O)CCCCCCC)[C@@H]2O)O[C@H](COC)[C@H]1OP(=O)(O)O. The fraction of sp³-hybridized carbons (Fsp3) is 0.904. The molecule has 2 aliphatic rings. The van der Waals surface area contributed by atoms with Crippen molar-refractivity contribution in [3.05, 3.63) is 12.2 Å². The first-order valence-corrected chi connectivity index (χ1v) is 41.6. The number of Topliss-reactive ketones (excluding diaryl/α,β-unsaturated/α-hetero) is 2. The highest BCUT2D eigenvalue weighted by Gasteiger charge is 2.53. The quantitative estimate of drug-likeness (QED) is 0.00922. The predicted molar refractivity (Wildman–Crippen MR) is 381 cm³/mol. The second-order valence-electron chi connectivity index (χ2n) is 27.4. The molecule has 0 saturated carbocycles. The number of phosphoric acid groups is 2. The Balaban J connectivity index is 2.63. The second kappa shape index (κ2) is 57.7. The van der Waals surface area contributed by atoms with Crippen molar-refractivity contribution >= 4 is 45.0 Å². The lowest BCUT2D eigenvalue weighted by Crippen LogP contribution is -2.67. The Labute approximate surface area is 594 Å². The number of ether oxygens (including phenoxy) is 7. The zero-order chi connectivity index (χ0) is 72.9. The summed E-state index contributed by atoms with van der Waals surface area (Å²) < 4.78 is 79.7. The largest absolute Gasteiger partial charge is 0.472 e. The van der Waals surface area contributed by atoms with Gasteiger partial charge in [-0.15, -0.1) is 0 Å². The molecule has 2 fully saturated rings. The molecule has 0 spiro atoms. The number of allylic oxidation sites excluding steroid dienone is 2. The maximum atomic E-state index is 14.3. The molecular weight excluding hydrogens is 1320 g/mol. The first-order chi connectivity index (χ1) is 47.6. The number of phosphoric ester groups is 2. The van der Waals surface area contributed by atoms with Crippen LogP contribution in [0.25, 0.3) is 0 Å². The highest BCUT2D eigenvalue weighted by atomic mass is 31.2. The van der Waals surface area contributed by atoms with Gasteiger partial charge < -0.3 is 73.6 Å². The number of methoxy groups -OCH3 is 1. The van der Waals surface area contributed by atoms with Crippen LogP contribution in [0.2, 0.25) is 0 Å². The minimum atomic E-state index is -5.51. The Kier molecular flexibility index (Phi) is 53.9. The summed E-state index contributed by atoms with van der Waals surface area (Å²) in [5.41, 5.74) is 0. The lowest BCUT2D eigenvalue weighted by atomic mass is 9.95. The zero-order valence-corrected chi connectivity index (χ0v) is 63.4. The average molecular weight is 1460 g/mol. The molecule has 0 aromatic rings. The fourth-order valence-electron chi connectivity index (χ4n) is 12.7. The molecule has 0 radical (unpaired) electrons. The normalized spacial score (nSPS) is 22.0. The number of carbonyl (C=O) groups excluding carboxylic acids is 5. The number of amides is 2. The summed E-state index contributed by atoms with van der Waals surface area (Å²) >= 11 is 0. The van der Waals surface area contributed by atoms with Crippen molar-refractivity contribution < 1.29 is 105 Å². The lowest BCUT2D eigenvalue weighted by Gasteiger charge is -2.47. The molecular formula is C73H136N2O22P2. The average Bonchev–Trinajstić information content (AvgIpc) is 0.789. The minimum absolute atomic E-state index is 0.0549. The molecule has 580 valence electrons. The number of hydrogen-bond acceptors (Lipinski definition) is 18. The summed E-state index contributed by atoms with van der Waals surface area (Å²) in [6.45, 7) is 9.07. The molecule has 99 heavy (non-hydrogen) atoms. The van der Waals surface area contributed by atoms with Crippen molar-refractivity contribution in [2.75, 3.05) is 33.5 Å². The molecule has 0 aliphatic carbocycles. The molecule has 2 amide bonds. The van der Waals surface area contributed by atoms with E-state index in [4.69, 9.17) is 42.2 Å². The molecule has 0 aromatic heterocycles. The van der Waals surface area contributed by atoms with Gasteiger partial charge in [0, 0.05) is 39.4 Å². The van der Waals surface area contributed by atoms with Gasteiger partial charge in [-0.25, -0.2) is 9.13 Å². The second-order valence-corrected chi connectivity index (χ2v) is 29.8. The van der Waals surface area contributed by atoms with E-state index in [1.165, 1.54) is 45.6 Å². The van der Waals surface area contributed by atoms with Crippen LogP contribution in [0.15, 0.2) is 12.2 Å². The van der Waals surface area contributed by atoms with Crippen LogP contribution in [-0.2, 0) is 75.3 Å². The number of ketones is 2. The highest BCUT2D eigenvalue weighted by Crippen LogP contribution is 2.44. The van der Waals surface area contributed by atoms with Crippen molar-refractivity contribution in [1.82, 2.24) is 10.6 Å². The zero-order valence-electron chi connectivity index (χ0n) is 61.6. The smallest absolute Gasteiger partial charge is 0.462 e. The van der Waals surface area contributed by atoms with Gasteiger partial charge in [0.25, 0.3) is 0 Å². The summed E-state index contributed by atoms with van der Waals surface area (Å²) in [7, 11) is -9.64. The van der Waals surface area contributed by atoms with E-state index >= 15 is 0 Å². The first kappa shape index (κ1) is 92.5. The van der Waals surface area contributed by atoms with Crippen LogP contribution >= 0.6 is 15.6 Å². The number of carbonyl (C=O) groups is 5. The van der Waals surface area contributed by atoms with Crippen LogP contribution < -0.4 is 10.6 Å². The molecule has 26 heteroatoms. The monoisotopic (exact) mass is 1450 g/mol. The van der Waals surface area contributed by atoms with E-state index < -0.39 is 133 Å². The van der Waals surface area contributed by atoms with E-state index in [2.05, 4.69) is 57.4 Å². The number of aliphatic hydroxyl groups is 2. The van der Waals surface area contributed by atoms with Gasteiger partial charge >= 0.3 is 21.6 Å². The van der Waals surface area contributed by atoms with Gasteiger partial charge in [0.2, 0.25) is 11.8 Å². The van der Waals surface area contributed by atoms with Gasteiger partial charge in [-0.2, -0.15) is 0 Å². The maximum Gasteiger partial charge on any atom is 0.472 e. The van der Waals surface area contributed by atoms with Gasteiger partial charge in [-0.3, -0.25) is 33.0 Å². The lowest BCUT2D eigenvalue weighted by molar-refractivity contribution is -0.301. The van der Waals surface area contributed by atoms with E-state index in [0.29, 0.717) is 38.5 Å². The van der Waals surface area contributed by atoms with E-state index in [0.717, 1.165) is 161 Å². The molecule has 0 aromatic carbocycles. The number of nitrogens with one attached hydrogen (secondary N) is 2. The van der Waals surface area contributed by atoms with Crippen LogP contribution in [0.1, 0.15) is 317 Å². The van der Waals surface area contributed by atoms with Crippen molar-refractivity contribution in [3.8, 4) is 0 Å². The Bertz CT molecular complexity index is 2220. The Hall–Kier alpha value is -2.61. The molecule has 2 saturated heterocycles. The molecule has 2 rings (SSSR count). The summed E-state index contributed by atoms with van der Waals surface area (Å²) in [6, 6.07) is -3.26. The van der Waals surface area contributed by atoms with Crippen molar-refractivity contribution in [2.45, 2.75) is 391 Å². The third kappa shape index (κ3) is 46.1. The van der Waals surface area contributed by atoms with Gasteiger partial charge in [0.05, 0.1) is 38.8 Å². The third-order valence-electron chi connectivity index (χ3n) is 18.3. The standard InChI is InChI=1S/C73H136N2O22P2/c1-7-12-17-22-25-28-31-36-40-45-58(77)53-63(79)74-66-70(90-51-49-57(76)44-39-34-20-15-10-4)68(82)61(94-73(66)97-99(86,87)88)56-92-72-67(75-64(80)54-59(78)46-41-37-32-29-26-23-18-13-8-2)71(69(96-98(83,84)85)62(95-72)55-89-6)91-52-50-60(47-42-35-21-16-11-5)93-65(81)48-43-38-33-30-27-24-19-14-9-3/h30,33,57,60-62,66-73,76,82H,7-29,31-32,34-56H2,1-6H3,(H,74,79)(H,75,80)(H2,83,84,85)(H2,86,87,88)/b33-30-/t57-,60+,61+,62+,66+,67+,68+,69+,70+,71+,72+,73+/m0/s1. The summed E-state index contributed by atoms with van der Waals surface area (Å²) in [4.78, 5) is 110. The number of hydrogen-bond donors (Lipinski definition) is 8. The van der Waals surface area contributed by atoms with Crippen molar-refractivity contribution in [2.24, 2.45) is 0 Å². The molecule has 0 bridgehead atoms. The Morgan fingerprint density at radius 1 is 0.455 bits per heavy atom. The number of esters is 1. The van der Waals surface area contributed by atoms with Gasteiger partial charge in [-0.05, 0) is 64.2 Å².